The Morgan fingerprint density at radius 3 is 2.88 bits per heavy atom. The number of fused-ring (bicyclic) bond motifs is 1. The second-order valence-electron chi connectivity index (χ2n) is 6.02. The van der Waals surface area contributed by atoms with Gasteiger partial charge in [0.2, 0.25) is 11.8 Å². The molecule has 1 aliphatic heterocycles. The van der Waals surface area contributed by atoms with Crippen molar-refractivity contribution in [2.75, 3.05) is 27.2 Å². The van der Waals surface area contributed by atoms with Crippen molar-refractivity contribution in [3.8, 4) is 5.88 Å². The zero-order valence-corrected chi connectivity index (χ0v) is 14.2. The summed E-state index contributed by atoms with van der Waals surface area (Å²) >= 11 is 0. The van der Waals surface area contributed by atoms with Gasteiger partial charge in [0.05, 0.1) is 12.6 Å². The number of rotatable bonds is 5. The van der Waals surface area contributed by atoms with Gasteiger partial charge in [0, 0.05) is 39.4 Å². The number of ether oxygens (including phenoxy) is 1. The maximum Gasteiger partial charge on any atom is 0.236 e. The van der Waals surface area contributed by atoms with Crippen molar-refractivity contribution in [1.82, 2.24) is 29.5 Å². The van der Waals surface area contributed by atoms with Crippen molar-refractivity contribution in [3.63, 3.8) is 0 Å². The molecule has 8 nitrogen and oxygen atoms in total. The van der Waals surface area contributed by atoms with Gasteiger partial charge in [-0.2, -0.15) is 0 Å². The summed E-state index contributed by atoms with van der Waals surface area (Å²) in [6, 6.07) is 5.57. The van der Waals surface area contributed by atoms with Crippen molar-refractivity contribution in [2.45, 2.75) is 26.1 Å². The smallest absolute Gasteiger partial charge is 0.236 e. The van der Waals surface area contributed by atoms with Crippen LogP contribution < -0.4 is 4.74 Å². The number of nitrogens with zero attached hydrogens (tertiary/aromatic N) is 6. The molecule has 0 aromatic carbocycles. The normalized spacial score (nSPS) is 17.4. The number of carbonyl (C=O) groups is 1. The zero-order chi connectivity index (χ0) is 17.1. The Morgan fingerprint density at radius 2 is 2.17 bits per heavy atom. The second-order valence-corrected chi connectivity index (χ2v) is 6.02. The van der Waals surface area contributed by atoms with E-state index >= 15 is 0 Å². The average molecular weight is 330 g/mol. The van der Waals surface area contributed by atoms with Gasteiger partial charge in [-0.25, -0.2) is 4.98 Å². The minimum Gasteiger partial charge on any atom is -0.469 e. The molecule has 0 bridgehead atoms. The lowest BCUT2D eigenvalue weighted by Crippen LogP contribution is -2.43. The first-order chi connectivity index (χ1) is 11.6. The minimum absolute atomic E-state index is 0.0405. The highest BCUT2D eigenvalue weighted by Crippen LogP contribution is 2.24. The fraction of sp³-hybridized carbons (Fsp3) is 0.500. The van der Waals surface area contributed by atoms with Gasteiger partial charge in [0.15, 0.2) is 5.82 Å². The number of aromatic nitrogens is 4. The Balaban J connectivity index is 1.68. The molecule has 0 unspecified atom stereocenters. The van der Waals surface area contributed by atoms with Crippen LogP contribution >= 0.6 is 0 Å². The molecule has 0 radical (unpaired) electrons. The van der Waals surface area contributed by atoms with E-state index < -0.39 is 0 Å². The van der Waals surface area contributed by atoms with Crippen LogP contribution in [0.3, 0.4) is 0 Å². The summed E-state index contributed by atoms with van der Waals surface area (Å²) in [6.45, 7) is 4.29. The van der Waals surface area contributed by atoms with Gasteiger partial charge in [-0.1, -0.05) is 6.07 Å². The molecule has 2 aromatic rings. The third-order valence-corrected chi connectivity index (χ3v) is 4.21. The molecule has 128 valence electrons. The molecule has 0 saturated carbocycles. The lowest BCUT2D eigenvalue weighted by atomic mass is 10.2. The van der Waals surface area contributed by atoms with Crippen LogP contribution in [0.4, 0.5) is 0 Å². The van der Waals surface area contributed by atoms with Crippen molar-refractivity contribution in [2.24, 2.45) is 0 Å². The molecule has 0 aliphatic carbocycles. The quantitative estimate of drug-likeness (QED) is 0.804. The molecule has 0 N–H and O–H groups in total. The van der Waals surface area contributed by atoms with Crippen LogP contribution in [0.25, 0.3) is 0 Å². The van der Waals surface area contributed by atoms with E-state index in [1.165, 1.54) is 0 Å². The van der Waals surface area contributed by atoms with E-state index in [4.69, 9.17) is 4.74 Å². The molecule has 1 aliphatic rings. The largest absolute Gasteiger partial charge is 0.469 e. The average Bonchev–Trinajstić information content (AvgIpc) is 3.00. The lowest BCUT2D eigenvalue weighted by molar-refractivity contribution is -0.130. The number of likely N-dealkylation sites (N-methyl/N-ethyl adjacent to an activating group) is 1. The molecule has 0 fully saturated rings. The van der Waals surface area contributed by atoms with Crippen molar-refractivity contribution in [3.05, 3.63) is 36.0 Å². The monoisotopic (exact) mass is 330 g/mol. The molecular formula is C16H22N6O2. The molecule has 1 atom stereocenters. The van der Waals surface area contributed by atoms with Crippen LogP contribution in [0.2, 0.25) is 0 Å². The predicted octanol–water partition coefficient (Wildman–Crippen LogP) is 0.717. The molecule has 2 aromatic heterocycles. The van der Waals surface area contributed by atoms with E-state index in [0.717, 1.165) is 24.7 Å². The van der Waals surface area contributed by atoms with Gasteiger partial charge in [-0.3, -0.25) is 9.69 Å². The molecule has 24 heavy (non-hydrogen) atoms. The van der Waals surface area contributed by atoms with Gasteiger partial charge in [0.25, 0.3) is 0 Å². The second kappa shape index (κ2) is 6.96. The van der Waals surface area contributed by atoms with Gasteiger partial charge in [-0.15, -0.1) is 10.2 Å². The van der Waals surface area contributed by atoms with Crippen LogP contribution in [0.1, 0.15) is 24.6 Å². The van der Waals surface area contributed by atoms with Crippen LogP contribution in [0.5, 0.6) is 5.88 Å². The SMILES string of the molecule is C[C@H]1c2nnc(COc3ccccn3)n2CCN1CC(=O)N(C)C. The number of pyridine rings is 1. The summed E-state index contributed by atoms with van der Waals surface area (Å²) in [5, 5.41) is 8.55. The Hall–Kier alpha value is -2.48. The molecule has 3 rings (SSSR count). The highest BCUT2D eigenvalue weighted by atomic mass is 16.5. The van der Waals surface area contributed by atoms with Crippen LogP contribution in [0.15, 0.2) is 24.4 Å². The van der Waals surface area contributed by atoms with E-state index in [1.54, 1.807) is 25.2 Å². The maximum absolute atomic E-state index is 11.9. The number of hydrogen-bond donors (Lipinski definition) is 0. The number of hydrogen-bond acceptors (Lipinski definition) is 6. The van der Waals surface area contributed by atoms with E-state index in [-0.39, 0.29) is 11.9 Å². The third kappa shape index (κ3) is 3.38. The Morgan fingerprint density at radius 1 is 1.33 bits per heavy atom. The number of amides is 1. The van der Waals surface area contributed by atoms with Gasteiger partial charge < -0.3 is 14.2 Å². The number of carbonyl (C=O) groups excluding carboxylic acids is 1. The third-order valence-electron chi connectivity index (χ3n) is 4.21. The first-order valence-corrected chi connectivity index (χ1v) is 7.96. The molecular weight excluding hydrogens is 308 g/mol. The van der Waals surface area contributed by atoms with Crippen LogP contribution in [0, 0.1) is 0 Å². The van der Waals surface area contributed by atoms with Gasteiger partial charge >= 0.3 is 0 Å². The topological polar surface area (TPSA) is 76.4 Å². The Bertz CT molecular complexity index is 700. The van der Waals surface area contributed by atoms with E-state index in [1.807, 2.05) is 25.1 Å². The summed E-state index contributed by atoms with van der Waals surface area (Å²) in [5.74, 6) is 2.30. The lowest BCUT2D eigenvalue weighted by Gasteiger charge is -2.33. The highest BCUT2D eigenvalue weighted by Gasteiger charge is 2.29. The predicted molar refractivity (Wildman–Crippen MR) is 87.3 cm³/mol. The van der Waals surface area contributed by atoms with E-state index in [0.29, 0.717) is 19.0 Å². The van der Waals surface area contributed by atoms with Gasteiger partial charge in [-0.05, 0) is 13.0 Å². The van der Waals surface area contributed by atoms with Crippen molar-refractivity contribution >= 4 is 5.91 Å². The molecule has 3 heterocycles. The van der Waals surface area contributed by atoms with Crippen molar-refractivity contribution < 1.29 is 9.53 Å². The van der Waals surface area contributed by atoms with Crippen LogP contribution in [-0.4, -0.2) is 62.6 Å². The fourth-order valence-electron chi connectivity index (χ4n) is 2.70. The zero-order valence-electron chi connectivity index (χ0n) is 14.2. The molecule has 1 amide bonds. The summed E-state index contributed by atoms with van der Waals surface area (Å²) in [6.07, 6.45) is 1.69. The summed E-state index contributed by atoms with van der Waals surface area (Å²) in [5.41, 5.74) is 0. The fourth-order valence-corrected chi connectivity index (χ4v) is 2.70. The summed E-state index contributed by atoms with van der Waals surface area (Å²) in [7, 11) is 3.54. The minimum atomic E-state index is 0.0405. The highest BCUT2D eigenvalue weighted by molar-refractivity contribution is 5.77. The van der Waals surface area contributed by atoms with Crippen LogP contribution in [-0.2, 0) is 17.9 Å². The van der Waals surface area contributed by atoms with Gasteiger partial charge in [0.1, 0.15) is 12.4 Å². The van der Waals surface area contributed by atoms with E-state index in [2.05, 4.69) is 24.6 Å². The summed E-state index contributed by atoms with van der Waals surface area (Å²) in [4.78, 5) is 19.8. The summed E-state index contributed by atoms with van der Waals surface area (Å²) < 4.78 is 7.74. The molecule has 0 saturated heterocycles. The Kier molecular flexibility index (Phi) is 4.75. The maximum atomic E-state index is 11.9. The Labute approximate surface area is 141 Å². The molecule has 0 spiro atoms. The standard InChI is InChI=1S/C16H22N6O2/c1-12-16-19-18-13(11-24-14-6-4-5-7-17-14)22(16)9-8-21(12)10-15(23)20(2)3/h4-7,12H,8-11H2,1-3H3/t12-/m0/s1. The van der Waals surface area contributed by atoms with E-state index in [9.17, 15) is 4.79 Å². The van der Waals surface area contributed by atoms with Crippen molar-refractivity contribution in [1.29, 1.82) is 0 Å². The first-order valence-electron chi connectivity index (χ1n) is 7.96. The molecule has 8 heteroatoms. The first kappa shape index (κ1) is 16.4.